The lowest BCUT2D eigenvalue weighted by molar-refractivity contribution is 0.0753. The molecule has 0 fully saturated rings. The van der Waals surface area contributed by atoms with E-state index < -0.39 is 0 Å². The number of unbranched alkanes of at least 4 members (excludes halogenated alkanes) is 1. The molecule has 1 N–H and O–H groups in total. The van der Waals surface area contributed by atoms with Gasteiger partial charge < -0.3 is 14.5 Å². The molecule has 0 aliphatic rings. The maximum absolute atomic E-state index is 12.8. The first-order chi connectivity index (χ1) is 11.7. The number of amides is 1. The van der Waals surface area contributed by atoms with Gasteiger partial charge in [0.25, 0.3) is 5.91 Å². The lowest BCUT2D eigenvalue weighted by Crippen LogP contribution is -2.32. The quantitative estimate of drug-likeness (QED) is 0.756. The van der Waals surface area contributed by atoms with Crippen molar-refractivity contribution in [3.05, 3.63) is 36.5 Å². The average molecular weight is 325 g/mol. The summed E-state index contributed by atoms with van der Waals surface area (Å²) in [4.78, 5) is 26.4. The Bertz CT molecular complexity index is 848. The molecule has 0 aliphatic carbocycles. The van der Waals surface area contributed by atoms with Gasteiger partial charge in [-0.05, 0) is 25.5 Å². The number of carbonyl (C=O) groups is 1. The Morgan fingerprint density at radius 3 is 2.92 bits per heavy atom. The fourth-order valence-corrected chi connectivity index (χ4v) is 2.92. The lowest BCUT2D eigenvalue weighted by atomic mass is 10.1. The van der Waals surface area contributed by atoms with E-state index in [-0.39, 0.29) is 5.91 Å². The summed E-state index contributed by atoms with van der Waals surface area (Å²) < 4.78 is 1.88. The largest absolute Gasteiger partial charge is 0.346 e. The van der Waals surface area contributed by atoms with Gasteiger partial charge in [-0.3, -0.25) is 4.79 Å². The van der Waals surface area contributed by atoms with Gasteiger partial charge in [0.2, 0.25) is 0 Å². The molecule has 0 spiro atoms. The van der Waals surface area contributed by atoms with Gasteiger partial charge in [0.1, 0.15) is 17.7 Å². The summed E-state index contributed by atoms with van der Waals surface area (Å²) in [5.74, 6) is 0.0686. The number of aryl methyl sites for hydroxylation is 1. The summed E-state index contributed by atoms with van der Waals surface area (Å²) in [6.07, 6.45) is 7.45. The normalized spacial score (nSPS) is 11.1. The molecule has 126 valence electrons. The molecule has 0 atom stereocenters. The third-order valence-corrected chi connectivity index (χ3v) is 4.30. The van der Waals surface area contributed by atoms with E-state index >= 15 is 0 Å². The van der Waals surface area contributed by atoms with Crippen LogP contribution >= 0.6 is 0 Å². The predicted molar refractivity (Wildman–Crippen MR) is 94.8 cm³/mol. The van der Waals surface area contributed by atoms with Crippen LogP contribution in [-0.4, -0.2) is 43.4 Å². The number of carbonyl (C=O) groups excluding carboxylic acids is 1. The Balaban J connectivity index is 1.95. The summed E-state index contributed by atoms with van der Waals surface area (Å²) >= 11 is 0. The van der Waals surface area contributed by atoms with E-state index in [1.54, 1.807) is 6.33 Å². The van der Waals surface area contributed by atoms with Gasteiger partial charge in [-0.2, -0.15) is 0 Å². The molecule has 0 aliphatic heterocycles. The number of fused-ring (bicyclic) bond motifs is 1. The van der Waals surface area contributed by atoms with Crippen molar-refractivity contribution in [3.8, 4) is 11.3 Å². The molecule has 0 saturated heterocycles. The molecular formula is C18H23N5O. The zero-order valence-corrected chi connectivity index (χ0v) is 14.4. The zero-order valence-electron chi connectivity index (χ0n) is 14.4. The number of nitrogens with one attached hydrogen (secondary N) is 1. The van der Waals surface area contributed by atoms with Crippen LogP contribution in [0.4, 0.5) is 0 Å². The molecule has 6 nitrogen and oxygen atoms in total. The Hall–Kier alpha value is -2.63. The smallest absolute Gasteiger partial charge is 0.270 e. The minimum absolute atomic E-state index is 0.0686. The van der Waals surface area contributed by atoms with Crippen LogP contribution in [0.25, 0.3) is 22.3 Å². The Morgan fingerprint density at radius 2 is 2.17 bits per heavy atom. The van der Waals surface area contributed by atoms with Crippen LogP contribution in [0.15, 0.2) is 30.9 Å². The van der Waals surface area contributed by atoms with Crippen LogP contribution in [0.1, 0.15) is 37.2 Å². The summed E-state index contributed by atoms with van der Waals surface area (Å²) in [5.41, 5.74) is 3.26. The third kappa shape index (κ3) is 2.91. The van der Waals surface area contributed by atoms with Gasteiger partial charge in [0.05, 0.1) is 5.69 Å². The van der Waals surface area contributed by atoms with E-state index in [1.165, 1.54) is 0 Å². The van der Waals surface area contributed by atoms with E-state index in [9.17, 15) is 4.79 Å². The van der Waals surface area contributed by atoms with Gasteiger partial charge in [-0.25, -0.2) is 9.97 Å². The Labute approximate surface area is 141 Å². The number of rotatable bonds is 6. The molecule has 3 aromatic rings. The van der Waals surface area contributed by atoms with E-state index in [2.05, 4.69) is 21.9 Å². The third-order valence-electron chi connectivity index (χ3n) is 4.30. The fourth-order valence-electron chi connectivity index (χ4n) is 2.92. The fraction of sp³-hybridized carbons (Fsp3) is 0.389. The number of aromatic amines is 1. The first-order valence-electron chi connectivity index (χ1n) is 8.39. The standard InChI is InChI=1S/C18H23N5O/c1-4-6-9-23(5-2)18(24)15-10-13(11-22(15)3)16-14-7-8-19-17(14)21-12-20-16/h7-8,10-12H,4-6,9H2,1-3H3,(H,19,20,21). The number of nitrogens with zero attached hydrogens (tertiary/aromatic N) is 4. The molecular weight excluding hydrogens is 302 g/mol. The minimum atomic E-state index is 0.0686. The topological polar surface area (TPSA) is 66.8 Å². The molecule has 1 amide bonds. The van der Waals surface area contributed by atoms with Crippen molar-refractivity contribution < 1.29 is 4.79 Å². The Morgan fingerprint density at radius 1 is 1.33 bits per heavy atom. The number of hydrogen-bond donors (Lipinski definition) is 1. The molecule has 3 heterocycles. The van der Waals surface area contributed by atoms with Crippen LogP contribution in [0.2, 0.25) is 0 Å². The van der Waals surface area contributed by atoms with E-state index in [0.29, 0.717) is 5.69 Å². The minimum Gasteiger partial charge on any atom is -0.346 e. The first kappa shape index (κ1) is 16.2. The Kier molecular flexibility index (Phi) is 4.64. The second kappa shape index (κ2) is 6.86. The van der Waals surface area contributed by atoms with Crippen molar-refractivity contribution in [3.63, 3.8) is 0 Å². The molecule has 3 rings (SSSR count). The van der Waals surface area contributed by atoms with Gasteiger partial charge in [0, 0.05) is 43.5 Å². The van der Waals surface area contributed by atoms with Crippen LogP contribution in [0, 0.1) is 0 Å². The maximum Gasteiger partial charge on any atom is 0.270 e. The molecule has 24 heavy (non-hydrogen) atoms. The highest BCUT2D eigenvalue weighted by Gasteiger charge is 2.19. The highest BCUT2D eigenvalue weighted by atomic mass is 16.2. The van der Waals surface area contributed by atoms with Crippen molar-refractivity contribution in [2.24, 2.45) is 7.05 Å². The van der Waals surface area contributed by atoms with E-state index in [1.807, 2.05) is 48.0 Å². The summed E-state index contributed by atoms with van der Waals surface area (Å²) in [5, 5.41) is 0.959. The molecule has 6 heteroatoms. The summed E-state index contributed by atoms with van der Waals surface area (Å²) in [6.45, 7) is 5.66. The monoisotopic (exact) mass is 325 g/mol. The molecule has 3 aromatic heterocycles. The first-order valence-corrected chi connectivity index (χ1v) is 8.39. The van der Waals surface area contributed by atoms with Crippen molar-refractivity contribution in [2.75, 3.05) is 13.1 Å². The number of H-pyrrole nitrogens is 1. The number of hydrogen-bond acceptors (Lipinski definition) is 3. The molecule has 0 radical (unpaired) electrons. The van der Waals surface area contributed by atoms with Crippen LogP contribution in [-0.2, 0) is 7.05 Å². The van der Waals surface area contributed by atoms with Gasteiger partial charge in [0.15, 0.2) is 0 Å². The molecule has 0 bridgehead atoms. The van der Waals surface area contributed by atoms with Crippen molar-refractivity contribution in [1.82, 2.24) is 24.4 Å². The second-order valence-electron chi connectivity index (χ2n) is 5.93. The summed E-state index contributed by atoms with van der Waals surface area (Å²) in [6, 6.07) is 3.88. The van der Waals surface area contributed by atoms with Gasteiger partial charge in [-0.1, -0.05) is 13.3 Å². The summed E-state index contributed by atoms with van der Waals surface area (Å²) in [7, 11) is 1.90. The molecule has 0 unspecified atom stereocenters. The SMILES string of the molecule is CCCCN(CC)C(=O)c1cc(-c2ncnc3[nH]ccc23)cn1C. The number of aromatic nitrogens is 4. The predicted octanol–water partition coefficient (Wildman–Crippen LogP) is 3.23. The van der Waals surface area contributed by atoms with E-state index in [0.717, 1.165) is 48.2 Å². The van der Waals surface area contributed by atoms with Crippen molar-refractivity contribution >= 4 is 16.9 Å². The molecule has 0 saturated carbocycles. The maximum atomic E-state index is 12.8. The van der Waals surface area contributed by atoms with Crippen LogP contribution < -0.4 is 0 Å². The highest BCUT2D eigenvalue weighted by molar-refractivity contribution is 5.96. The van der Waals surface area contributed by atoms with Crippen LogP contribution in [0.5, 0.6) is 0 Å². The van der Waals surface area contributed by atoms with Gasteiger partial charge in [-0.15, -0.1) is 0 Å². The van der Waals surface area contributed by atoms with Crippen LogP contribution in [0.3, 0.4) is 0 Å². The zero-order chi connectivity index (χ0) is 17.1. The van der Waals surface area contributed by atoms with Crippen molar-refractivity contribution in [1.29, 1.82) is 0 Å². The average Bonchev–Trinajstić information content (AvgIpc) is 3.21. The van der Waals surface area contributed by atoms with Gasteiger partial charge >= 0.3 is 0 Å². The van der Waals surface area contributed by atoms with Crippen molar-refractivity contribution in [2.45, 2.75) is 26.7 Å². The highest BCUT2D eigenvalue weighted by Crippen LogP contribution is 2.26. The second-order valence-corrected chi connectivity index (χ2v) is 5.93. The van der Waals surface area contributed by atoms with E-state index in [4.69, 9.17) is 0 Å². The molecule has 0 aromatic carbocycles. The lowest BCUT2D eigenvalue weighted by Gasteiger charge is -2.20.